The third kappa shape index (κ3) is 5.38. The molecule has 1 unspecified atom stereocenters. The van der Waals surface area contributed by atoms with Crippen LogP contribution in [0.4, 0.5) is 0 Å². The highest BCUT2D eigenvalue weighted by atomic mass is 32.2. The van der Waals surface area contributed by atoms with E-state index < -0.39 is 15.2 Å². The molecule has 0 aromatic carbocycles. The van der Waals surface area contributed by atoms with E-state index in [0.29, 0.717) is 37.2 Å². The van der Waals surface area contributed by atoms with Crippen molar-refractivity contribution in [1.82, 2.24) is 10.2 Å². The quantitative estimate of drug-likeness (QED) is 0.550. The summed E-state index contributed by atoms with van der Waals surface area (Å²) in [4.78, 5) is 1.82. The van der Waals surface area contributed by atoms with Gasteiger partial charge in [-0.25, -0.2) is 8.42 Å². The lowest BCUT2D eigenvalue weighted by Gasteiger charge is -2.36. The average molecular weight is 341 g/mol. The zero-order chi connectivity index (χ0) is 15.0. The van der Waals surface area contributed by atoms with E-state index in [1.165, 1.54) is 0 Å². The molecule has 0 radical (unpaired) electrons. The largest absolute Gasteiger partial charge is 0.382 e. The van der Waals surface area contributed by atoms with Gasteiger partial charge >= 0.3 is 0 Å². The van der Waals surface area contributed by atoms with E-state index in [1.54, 1.807) is 18.7 Å². The minimum atomic E-state index is -3.10. The summed E-state index contributed by atoms with van der Waals surface area (Å²) in [5.74, 6) is 1.66. The zero-order valence-electron chi connectivity index (χ0n) is 12.1. The Morgan fingerprint density at radius 1 is 1.50 bits per heavy atom. The number of ether oxygens (including phenoxy) is 1. The minimum absolute atomic E-state index is 0.154. The molecule has 1 N–H and O–H groups in total. The van der Waals surface area contributed by atoms with E-state index in [9.17, 15) is 8.42 Å². The van der Waals surface area contributed by atoms with Crippen molar-refractivity contribution in [2.24, 2.45) is 0 Å². The number of thiocarbonyl (C=S) groups is 1. The Kier molecular flexibility index (Phi) is 8.16. The Hall–Kier alpha value is -0.0500. The van der Waals surface area contributed by atoms with Gasteiger partial charge in [-0.05, 0) is 25.6 Å². The number of hydrogen-bond donors (Lipinski definition) is 1. The lowest BCUT2D eigenvalue weighted by atomic mass is 10.4. The van der Waals surface area contributed by atoms with Crippen molar-refractivity contribution >= 4 is 38.9 Å². The Labute approximate surface area is 131 Å². The molecule has 0 amide bonds. The second kappa shape index (κ2) is 9.07. The first kappa shape index (κ1) is 18.0. The van der Waals surface area contributed by atoms with Crippen molar-refractivity contribution in [2.75, 3.05) is 43.6 Å². The summed E-state index contributed by atoms with van der Waals surface area (Å²) in [7, 11) is -3.10. The number of thioether (sulfide) groups is 1. The van der Waals surface area contributed by atoms with Gasteiger partial charge in [-0.15, -0.1) is 0 Å². The molecule has 5 nitrogen and oxygen atoms in total. The van der Waals surface area contributed by atoms with Crippen LogP contribution in [0.2, 0.25) is 0 Å². The number of nitrogens with one attached hydrogen (secondary N) is 1. The molecule has 0 aromatic heterocycles. The van der Waals surface area contributed by atoms with Crippen molar-refractivity contribution in [3.8, 4) is 0 Å². The van der Waals surface area contributed by atoms with Crippen LogP contribution in [0.3, 0.4) is 0 Å². The molecule has 1 fully saturated rings. The van der Waals surface area contributed by atoms with Gasteiger partial charge < -0.3 is 15.0 Å². The topological polar surface area (TPSA) is 58.6 Å². The molecule has 1 rings (SSSR count). The lowest BCUT2D eigenvalue weighted by Crippen LogP contribution is -2.54. The third-order valence-corrected chi connectivity index (χ3v) is 6.78. The van der Waals surface area contributed by atoms with Crippen LogP contribution >= 0.6 is 24.0 Å². The monoisotopic (exact) mass is 340 g/mol. The van der Waals surface area contributed by atoms with Gasteiger partial charge in [0.2, 0.25) is 0 Å². The van der Waals surface area contributed by atoms with Crippen molar-refractivity contribution in [1.29, 1.82) is 0 Å². The Morgan fingerprint density at radius 2 is 2.25 bits per heavy atom. The Bertz CT molecular complexity index is 401. The van der Waals surface area contributed by atoms with Gasteiger partial charge in [-0.2, -0.15) is 11.8 Å². The number of sulfone groups is 1. The highest BCUT2D eigenvalue weighted by Gasteiger charge is 2.34. The van der Waals surface area contributed by atoms with Gasteiger partial charge in [0.1, 0.15) is 5.37 Å². The van der Waals surface area contributed by atoms with E-state index >= 15 is 0 Å². The van der Waals surface area contributed by atoms with Crippen LogP contribution in [0.25, 0.3) is 0 Å². The first-order chi connectivity index (χ1) is 9.53. The Balaban J connectivity index is 2.51. The lowest BCUT2D eigenvalue weighted by molar-refractivity contribution is 0.145. The summed E-state index contributed by atoms with van der Waals surface area (Å²) in [6.45, 7) is 6.45. The van der Waals surface area contributed by atoms with Gasteiger partial charge in [0.05, 0.1) is 0 Å². The van der Waals surface area contributed by atoms with E-state index in [1.807, 2.05) is 11.8 Å². The van der Waals surface area contributed by atoms with Gasteiger partial charge in [-0.3, -0.25) is 0 Å². The molecule has 20 heavy (non-hydrogen) atoms. The van der Waals surface area contributed by atoms with Gasteiger partial charge in [-0.1, -0.05) is 6.92 Å². The maximum atomic E-state index is 12.1. The van der Waals surface area contributed by atoms with Crippen molar-refractivity contribution in [3.63, 3.8) is 0 Å². The summed E-state index contributed by atoms with van der Waals surface area (Å²) in [5, 5.41) is 3.20. The van der Waals surface area contributed by atoms with Gasteiger partial charge in [0, 0.05) is 43.6 Å². The summed E-state index contributed by atoms with van der Waals surface area (Å²) in [6, 6.07) is 0. The van der Waals surface area contributed by atoms with Gasteiger partial charge in [0.15, 0.2) is 14.9 Å². The molecule has 118 valence electrons. The maximum absolute atomic E-state index is 12.1. The summed E-state index contributed by atoms with van der Waals surface area (Å²) < 4.78 is 29.5. The predicted molar refractivity (Wildman–Crippen MR) is 89.0 cm³/mol. The zero-order valence-corrected chi connectivity index (χ0v) is 14.6. The summed E-state index contributed by atoms with van der Waals surface area (Å²) >= 11 is 7.02. The highest BCUT2D eigenvalue weighted by Crippen LogP contribution is 2.21. The fourth-order valence-electron chi connectivity index (χ4n) is 1.92. The third-order valence-electron chi connectivity index (χ3n) is 3.11. The first-order valence-electron chi connectivity index (χ1n) is 6.94. The van der Waals surface area contributed by atoms with E-state index in [4.69, 9.17) is 17.0 Å². The maximum Gasteiger partial charge on any atom is 0.171 e. The van der Waals surface area contributed by atoms with Crippen LogP contribution in [0.5, 0.6) is 0 Å². The molecule has 8 heteroatoms. The molecule has 1 saturated heterocycles. The molecule has 1 heterocycles. The van der Waals surface area contributed by atoms with Crippen molar-refractivity contribution < 1.29 is 13.2 Å². The van der Waals surface area contributed by atoms with Crippen molar-refractivity contribution in [2.45, 2.75) is 25.6 Å². The number of nitrogens with zero attached hydrogens (tertiary/aromatic N) is 1. The Morgan fingerprint density at radius 3 is 2.90 bits per heavy atom. The molecule has 0 bridgehead atoms. The van der Waals surface area contributed by atoms with E-state index in [2.05, 4.69) is 5.32 Å². The standard InChI is InChI=1S/C12H24N2O3S3/c1-3-17-8-5-6-13-12(18)14-7-9-19-10-11(14)20(15,16)4-2/h11H,3-10H2,1-2H3,(H,13,18). The molecular weight excluding hydrogens is 316 g/mol. The molecule has 1 atom stereocenters. The van der Waals surface area contributed by atoms with E-state index in [0.717, 1.165) is 12.2 Å². The van der Waals surface area contributed by atoms with Crippen LogP contribution < -0.4 is 5.32 Å². The van der Waals surface area contributed by atoms with Crippen LogP contribution in [0.15, 0.2) is 0 Å². The normalized spacial score (nSPS) is 19.9. The predicted octanol–water partition coefficient (Wildman–Crippen LogP) is 1.10. The molecular formula is C12H24N2O3S3. The second-order valence-corrected chi connectivity index (χ2v) is 8.44. The molecule has 0 saturated carbocycles. The number of rotatable bonds is 7. The SMILES string of the molecule is CCOCCCNC(=S)N1CCSCC1S(=O)(=O)CC. The first-order valence-corrected chi connectivity index (χ1v) is 10.2. The fourth-order valence-corrected chi connectivity index (χ4v) is 5.28. The summed E-state index contributed by atoms with van der Waals surface area (Å²) in [6.07, 6.45) is 0.863. The minimum Gasteiger partial charge on any atom is -0.382 e. The molecule has 0 aromatic rings. The van der Waals surface area contributed by atoms with Crippen LogP contribution in [-0.2, 0) is 14.6 Å². The molecule has 0 aliphatic carbocycles. The average Bonchev–Trinajstić information content (AvgIpc) is 2.47. The number of hydrogen-bond acceptors (Lipinski definition) is 5. The van der Waals surface area contributed by atoms with Crippen LogP contribution in [-0.4, -0.2) is 67.4 Å². The van der Waals surface area contributed by atoms with Gasteiger partial charge in [0.25, 0.3) is 0 Å². The fraction of sp³-hybridized carbons (Fsp3) is 0.917. The second-order valence-electron chi connectivity index (χ2n) is 4.46. The molecule has 0 spiro atoms. The van der Waals surface area contributed by atoms with Crippen LogP contribution in [0, 0.1) is 0 Å². The smallest absolute Gasteiger partial charge is 0.171 e. The molecule has 1 aliphatic rings. The highest BCUT2D eigenvalue weighted by molar-refractivity contribution is 8.01. The van der Waals surface area contributed by atoms with Crippen molar-refractivity contribution in [3.05, 3.63) is 0 Å². The van der Waals surface area contributed by atoms with Crippen LogP contribution in [0.1, 0.15) is 20.3 Å². The molecule has 1 aliphatic heterocycles. The van der Waals surface area contributed by atoms with E-state index in [-0.39, 0.29) is 5.75 Å². The summed E-state index contributed by atoms with van der Waals surface area (Å²) in [5.41, 5.74) is 0.